The van der Waals surface area contributed by atoms with E-state index in [-0.39, 0.29) is 10.7 Å². The number of carbonyl (C=O) groups excluding carboxylic acids is 1. The van der Waals surface area contributed by atoms with Crippen LogP contribution in [0.3, 0.4) is 0 Å². The molecule has 0 atom stereocenters. The Morgan fingerprint density at radius 1 is 1.03 bits per heavy atom. The third-order valence-electron chi connectivity index (χ3n) is 4.10. The van der Waals surface area contributed by atoms with Crippen molar-refractivity contribution in [2.45, 2.75) is 24.5 Å². The molecular weight excluding hydrogens is 421 g/mol. The quantitative estimate of drug-likeness (QED) is 0.610. The van der Waals surface area contributed by atoms with Crippen molar-refractivity contribution in [2.75, 3.05) is 0 Å². The van der Waals surface area contributed by atoms with Crippen LogP contribution in [0.4, 0.5) is 13.2 Å². The van der Waals surface area contributed by atoms with Crippen molar-refractivity contribution >= 4 is 15.9 Å². The van der Waals surface area contributed by atoms with Crippen LogP contribution in [0.2, 0.25) is 0 Å². The van der Waals surface area contributed by atoms with E-state index in [0.29, 0.717) is 16.6 Å². The number of carbonyl (C=O) groups is 1. The SMILES string of the molecule is Cc1ccc(S(=O)(=O)N(Cc2ncccn2)C(=O)c2cnccc2C(F)(F)F)cc1. The lowest BCUT2D eigenvalue weighted by Crippen LogP contribution is -2.38. The number of sulfonamides is 1. The number of hydrogen-bond acceptors (Lipinski definition) is 6. The van der Waals surface area contributed by atoms with Crippen molar-refractivity contribution in [2.24, 2.45) is 0 Å². The molecule has 1 aromatic carbocycles. The number of nitrogens with zero attached hydrogens (tertiary/aromatic N) is 4. The molecule has 30 heavy (non-hydrogen) atoms. The van der Waals surface area contributed by atoms with Gasteiger partial charge >= 0.3 is 6.18 Å². The first kappa shape index (κ1) is 21.4. The van der Waals surface area contributed by atoms with Crippen molar-refractivity contribution < 1.29 is 26.4 Å². The molecule has 0 aliphatic heterocycles. The van der Waals surface area contributed by atoms with E-state index in [1.54, 1.807) is 6.92 Å². The first-order chi connectivity index (χ1) is 14.1. The summed E-state index contributed by atoms with van der Waals surface area (Å²) in [5.41, 5.74) is -1.41. The molecule has 2 aromatic heterocycles. The molecular formula is C19H15F3N4O3S. The average molecular weight is 436 g/mol. The predicted octanol–water partition coefficient (Wildman–Crippen LogP) is 3.23. The van der Waals surface area contributed by atoms with Gasteiger partial charge in [0, 0.05) is 24.8 Å². The number of halogens is 3. The summed E-state index contributed by atoms with van der Waals surface area (Å²) in [6, 6.07) is 7.66. The van der Waals surface area contributed by atoms with E-state index in [1.165, 1.54) is 42.7 Å². The van der Waals surface area contributed by atoms with E-state index in [1.807, 2.05) is 0 Å². The molecule has 0 spiro atoms. The molecule has 2 heterocycles. The molecule has 0 saturated heterocycles. The molecule has 156 valence electrons. The highest BCUT2D eigenvalue weighted by molar-refractivity contribution is 7.89. The normalized spacial score (nSPS) is 11.9. The monoisotopic (exact) mass is 436 g/mol. The summed E-state index contributed by atoms with van der Waals surface area (Å²) in [6.45, 7) is 1.09. The van der Waals surface area contributed by atoms with E-state index in [2.05, 4.69) is 15.0 Å². The second kappa shape index (κ2) is 8.19. The fourth-order valence-electron chi connectivity index (χ4n) is 2.59. The number of rotatable bonds is 5. The van der Waals surface area contributed by atoms with Crippen molar-refractivity contribution in [1.29, 1.82) is 0 Å². The zero-order chi connectivity index (χ0) is 21.9. The maximum atomic E-state index is 13.4. The zero-order valence-corrected chi connectivity index (χ0v) is 16.4. The number of pyridine rings is 1. The molecule has 3 rings (SSSR count). The van der Waals surface area contributed by atoms with Gasteiger partial charge in [0.05, 0.1) is 22.6 Å². The number of alkyl halides is 3. The van der Waals surface area contributed by atoms with Gasteiger partial charge in [-0.2, -0.15) is 13.2 Å². The highest BCUT2D eigenvalue weighted by atomic mass is 32.2. The molecule has 11 heteroatoms. The molecule has 0 radical (unpaired) electrons. The number of aromatic nitrogens is 3. The third-order valence-corrected chi connectivity index (χ3v) is 5.84. The average Bonchev–Trinajstić information content (AvgIpc) is 2.72. The van der Waals surface area contributed by atoms with Crippen LogP contribution in [0.25, 0.3) is 0 Å². The van der Waals surface area contributed by atoms with Gasteiger partial charge in [-0.25, -0.2) is 22.7 Å². The van der Waals surface area contributed by atoms with Crippen LogP contribution < -0.4 is 0 Å². The highest BCUT2D eigenvalue weighted by Crippen LogP contribution is 2.33. The van der Waals surface area contributed by atoms with Crippen LogP contribution >= 0.6 is 0 Å². The Morgan fingerprint density at radius 3 is 2.27 bits per heavy atom. The first-order valence-corrected chi connectivity index (χ1v) is 9.95. The van der Waals surface area contributed by atoms with Gasteiger partial charge < -0.3 is 0 Å². The largest absolute Gasteiger partial charge is 0.417 e. The van der Waals surface area contributed by atoms with Crippen LogP contribution in [0.5, 0.6) is 0 Å². The topological polar surface area (TPSA) is 93.1 Å². The van der Waals surface area contributed by atoms with Crippen LogP contribution in [0.15, 0.2) is 66.1 Å². The minimum atomic E-state index is -4.88. The Kier molecular flexibility index (Phi) is 5.83. The molecule has 1 amide bonds. The Morgan fingerprint density at radius 2 is 1.67 bits per heavy atom. The standard InChI is InChI=1S/C19H15F3N4O3S/c1-13-3-5-14(6-4-13)30(28,29)26(12-17-24-8-2-9-25-17)18(27)15-11-23-10-7-16(15)19(20,21)22/h2-11H,12H2,1H3. The van der Waals surface area contributed by atoms with E-state index in [4.69, 9.17) is 0 Å². The fourth-order valence-corrected chi connectivity index (χ4v) is 3.93. The summed E-state index contributed by atoms with van der Waals surface area (Å²) in [6.07, 6.45) is -0.659. The summed E-state index contributed by atoms with van der Waals surface area (Å²) < 4.78 is 66.8. The minimum Gasteiger partial charge on any atom is -0.268 e. The number of hydrogen-bond donors (Lipinski definition) is 0. The molecule has 0 N–H and O–H groups in total. The lowest BCUT2D eigenvalue weighted by Gasteiger charge is -2.23. The molecule has 0 unspecified atom stereocenters. The van der Waals surface area contributed by atoms with Crippen LogP contribution in [0, 0.1) is 6.92 Å². The number of aryl methyl sites for hydroxylation is 1. The van der Waals surface area contributed by atoms with Gasteiger partial charge in [-0.3, -0.25) is 9.78 Å². The van der Waals surface area contributed by atoms with Crippen LogP contribution in [-0.2, 0) is 22.7 Å². The van der Waals surface area contributed by atoms with E-state index in [9.17, 15) is 26.4 Å². The zero-order valence-electron chi connectivity index (χ0n) is 15.5. The molecule has 7 nitrogen and oxygen atoms in total. The van der Waals surface area contributed by atoms with Crippen molar-refractivity contribution in [3.05, 3.63) is 83.7 Å². The van der Waals surface area contributed by atoms with Crippen molar-refractivity contribution in [3.63, 3.8) is 0 Å². The van der Waals surface area contributed by atoms with Gasteiger partial charge in [-0.1, -0.05) is 17.7 Å². The maximum Gasteiger partial charge on any atom is 0.417 e. The van der Waals surface area contributed by atoms with Gasteiger partial charge in [0.25, 0.3) is 15.9 Å². The van der Waals surface area contributed by atoms with Gasteiger partial charge in [0.1, 0.15) is 5.82 Å². The van der Waals surface area contributed by atoms with Crippen LogP contribution in [-0.4, -0.2) is 33.6 Å². The minimum absolute atomic E-state index is 0.0565. The van der Waals surface area contributed by atoms with Crippen molar-refractivity contribution in [1.82, 2.24) is 19.3 Å². The van der Waals surface area contributed by atoms with Gasteiger partial charge in [-0.15, -0.1) is 0 Å². The summed E-state index contributed by atoms with van der Waals surface area (Å²) in [4.78, 5) is 24.1. The van der Waals surface area contributed by atoms with E-state index < -0.39 is 39.8 Å². The Balaban J connectivity index is 2.13. The second-order valence-electron chi connectivity index (χ2n) is 6.21. The maximum absolute atomic E-state index is 13.4. The summed E-state index contributed by atoms with van der Waals surface area (Å²) in [7, 11) is -4.52. The molecule has 0 aliphatic carbocycles. The van der Waals surface area contributed by atoms with Gasteiger partial charge in [0.15, 0.2) is 0 Å². The molecule has 0 bridgehead atoms. The summed E-state index contributed by atoms with van der Waals surface area (Å²) >= 11 is 0. The number of benzene rings is 1. The molecule has 0 fully saturated rings. The Bertz CT molecular complexity index is 1150. The van der Waals surface area contributed by atoms with Gasteiger partial charge in [-0.05, 0) is 31.2 Å². The lowest BCUT2D eigenvalue weighted by molar-refractivity contribution is -0.138. The van der Waals surface area contributed by atoms with Gasteiger partial charge in [0.2, 0.25) is 0 Å². The molecule has 0 saturated carbocycles. The molecule has 3 aromatic rings. The lowest BCUT2D eigenvalue weighted by atomic mass is 10.1. The van der Waals surface area contributed by atoms with Crippen LogP contribution in [0.1, 0.15) is 27.3 Å². The Labute approximate surface area is 170 Å². The third kappa shape index (κ3) is 4.46. The van der Waals surface area contributed by atoms with E-state index >= 15 is 0 Å². The van der Waals surface area contributed by atoms with Crippen molar-refractivity contribution in [3.8, 4) is 0 Å². The first-order valence-electron chi connectivity index (χ1n) is 8.51. The van der Waals surface area contributed by atoms with E-state index in [0.717, 1.165) is 11.8 Å². The highest BCUT2D eigenvalue weighted by Gasteiger charge is 2.39. The smallest absolute Gasteiger partial charge is 0.268 e. The fraction of sp³-hybridized carbons (Fsp3) is 0.158. The molecule has 0 aliphatic rings. The Hall–Kier alpha value is -3.34. The second-order valence-corrected chi connectivity index (χ2v) is 8.08. The summed E-state index contributed by atoms with van der Waals surface area (Å²) in [5.74, 6) is -1.44. The summed E-state index contributed by atoms with van der Waals surface area (Å²) in [5, 5.41) is 0. The predicted molar refractivity (Wildman–Crippen MR) is 99.5 cm³/mol. The number of amides is 1.